The van der Waals surface area contributed by atoms with E-state index < -0.39 is 0 Å². The smallest absolute Gasteiger partial charge is 0.162 e. The van der Waals surface area contributed by atoms with Gasteiger partial charge in [-0.25, -0.2) is 0 Å². The van der Waals surface area contributed by atoms with Crippen molar-refractivity contribution < 1.29 is 9.90 Å². The summed E-state index contributed by atoms with van der Waals surface area (Å²) in [6.45, 7) is 2.15. The third-order valence-corrected chi connectivity index (χ3v) is 2.22. The fourth-order valence-corrected chi connectivity index (χ4v) is 1.35. The lowest BCUT2D eigenvalue weighted by Gasteiger charge is -2.02. The molecule has 0 saturated carbocycles. The molecule has 0 unspecified atom stereocenters. The number of Topliss-reactive ketones (excluding diaryl/α,β-unsaturated/α-hetero) is 1. The zero-order valence-electron chi connectivity index (χ0n) is 8.49. The zero-order valence-corrected chi connectivity index (χ0v) is 8.49. The van der Waals surface area contributed by atoms with Crippen molar-refractivity contribution in [2.75, 3.05) is 6.61 Å². The second-order valence-electron chi connectivity index (χ2n) is 3.30. The summed E-state index contributed by atoms with van der Waals surface area (Å²) < 4.78 is 0. The summed E-state index contributed by atoms with van der Waals surface area (Å²) in [5, 5.41) is 8.61. The minimum atomic E-state index is 0.0825. The second kappa shape index (κ2) is 5.55. The molecule has 76 valence electrons. The van der Waals surface area contributed by atoms with Gasteiger partial charge in [0.15, 0.2) is 5.78 Å². The van der Waals surface area contributed by atoms with Crippen molar-refractivity contribution >= 4 is 5.78 Å². The van der Waals surface area contributed by atoms with Crippen LogP contribution in [0.1, 0.15) is 35.7 Å². The minimum absolute atomic E-state index is 0.0825. The molecule has 0 aromatic heterocycles. The first kappa shape index (κ1) is 10.9. The number of aryl methyl sites for hydroxylation is 1. The lowest BCUT2D eigenvalue weighted by Crippen LogP contribution is -2.00. The number of rotatable bonds is 5. The number of carbonyl (C=O) groups is 1. The van der Waals surface area contributed by atoms with E-state index in [1.807, 2.05) is 24.3 Å². The average molecular weight is 192 g/mol. The highest BCUT2D eigenvalue weighted by atomic mass is 16.3. The maximum absolute atomic E-state index is 11.6. The van der Waals surface area contributed by atoms with E-state index in [-0.39, 0.29) is 12.4 Å². The Bertz CT molecular complexity index is 305. The van der Waals surface area contributed by atoms with Crippen LogP contribution in [-0.2, 0) is 6.42 Å². The van der Waals surface area contributed by atoms with Crippen molar-refractivity contribution in [2.45, 2.75) is 26.2 Å². The summed E-state index contributed by atoms with van der Waals surface area (Å²) in [6.07, 6.45) is 1.93. The van der Waals surface area contributed by atoms with Gasteiger partial charge in [-0.2, -0.15) is 0 Å². The lowest BCUT2D eigenvalue weighted by atomic mass is 10.0. The van der Waals surface area contributed by atoms with Gasteiger partial charge in [-0.1, -0.05) is 25.1 Å². The Kier molecular flexibility index (Phi) is 4.33. The number of ketones is 1. The van der Waals surface area contributed by atoms with Crippen LogP contribution in [0.3, 0.4) is 0 Å². The first-order valence-corrected chi connectivity index (χ1v) is 5.01. The Hall–Kier alpha value is -1.15. The molecule has 0 heterocycles. The van der Waals surface area contributed by atoms with Gasteiger partial charge in [-0.3, -0.25) is 4.79 Å². The van der Waals surface area contributed by atoms with Crippen LogP contribution in [0.25, 0.3) is 0 Å². The largest absolute Gasteiger partial charge is 0.396 e. The molecule has 0 amide bonds. The molecule has 0 aliphatic heterocycles. The van der Waals surface area contributed by atoms with E-state index in [9.17, 15) is 4.79 Å². The van der Waals surface area contributed by atoms with Crippen molar-refractivity contribution in [3.05, 3.63) is 35.4 Å². The van der Waals surface area contributed by atoms with Crippen LogP contribution in [0, 0.1) is 0 Å². The van der Waals surface area contributed by atoms with Crippen LogP contribution in [0.15, 0.2) is 24.3 Å². The molecular formula is C12H16O2. The first-order chi connectivity index (χ1) is 6.77. The quantitative estimate of drug-likeness (QED) is 0.726. The van der Waals surface area contributed by atoms with Crippen molar-refractivity contribution in [2.24, 2.45) is 0 Å². The second-order valence-corrected chi connectivity index (χ2v) is 3.30. The van der Waals surface area contributed by atoms with Crippen LogP contribution in [0.5, 0.6) is 0 Å². The van der Waals surface area contributed by atoms with Crippen molar-refractivity contribution in [1.29, 1.82) is 0 Å². The highest BCUT2D eigenvalue weighted by Crippen LogP contribution is 2.09. The average Bonchev–Trinajstić information content (AvgIpc) is 2.26. The fraction of sp³-hybridized carbons (Fsp3) is 0.417. The Morgan fingerprint density at radius 3 is 2.86 bits per heavy atom. The first-order valence-electron chi connectivity index (χ1n) is 5.01. The van der Waals surface area contributed by atoms with Gasteiger partial charge in [-0.15, -0.1) is 0 Å². The number of aliphatic hydroxyl groups excluding tert-OH is 1. The monoisotopic (exact) mass is 192 g/mol. The maximum Gasteiger partial charge on any atom is 0.162 e. The summed E-state index contributed by atoms with van der Waals surface area (Å²) >= 11 is 0. The summed E-state index contributed by atoms with van der Waals surface area (Å²) in [6, 6.07) is 7.69. The maximum atomic E-state index is 11.6. The summed E-state index contributed by atoms with van der Waals surface area (Å²) in [7, 11) is 0. The van der Waals surface area contributed by atoms with Crippen molar-refractivity contribution in [1.82, 2.24) is 0 Å². The van der Waals surface area contributed by atoms with E-state index in [4.69, 9.17) is 5.11 Å². The number of aliphatic hydroxyl groups is 1. The molecule has 0 aliphatic carbocycles. The zero-order chi connectivity index (χ0) is 10.4. The Morgan fingerprint density at radius 1 is 1.43 bits per heavy atom. The number of hydrogen-bond acceptors (Lipinski definition) is 2. The predicted octanol–water partition coefficient (Wildman–Crippen LogP) is 2.20. The molecule has 2 nitrogen and oxygen atoms in total. The normalized spacial score (nSPS) is 10.1. The van der Waals surface area contributed by atoms with E-state index in [2.05, 4.69) is 6.92 Å². The predicted molar refractivity (Wildman–Crippen MR) is 56.5 cm³/mol. The van der Waals surface area contributed by atoms with Gasteiger partial charge in [0.05, 0.1) is 0 Å². The number of carbonyl (C=O) groups excluding carboxylic acids is 1. The SMILES string of the molecule is CCc1cccc(C(=O)CCCO)c1. The highest BCUT2D eigenvalue weighted by molar-refractivity contribution is 5.96. The van der Waals surface area contributed by atoms with Gasteiger partial charge in [0.1, 0.15) is 0 Å². The van der Waals surface area contributed by atoms with Crippen LogP contribution in [0.2, 0.25) is 0 Å². The summed E-state index contributed by atoms with van der Waals surface area (Å²) in [4.78, 5) is 11.6. The van der Waals surface area contributed by atoms with Crippen molar-refractivity contribution in [3.8, 4) is 0 Å². The molecule has 0 saturated heterocycles. The van der Waals surface area contributed by atoms with Gasteiger partial charge in [0, 0.05) is 18.6 Å². The van der Waals surface area contributed by atoms with Crippen molar-refractivity contribution in [3.63, 3.8) is 0 Å². The molecule has 1 N–H and O–H groups in total. The molecular weight excluding hydrogens is 176 g/mol. The van der Waals surface area contributed by atoms with Crippen LogP contribution >= 0.6 is 0 Å². The Labute approximate surface area is 84.6 Å². The van der Waals surface area contributed by atoms with E-state index in [0.717, 1.165) is 12.0 Å². The minimum Gasteiger partial charge on any atom is -0.396 e. The molecule has 1 aromatic rings. The van der Waals surface area contributed by atoms with Gasteiger partial charge in [0.25, 0.3) is 0 Å². The number of hydrogen-bond donors (Lipinski definition) is 1. The topological polar surface area (TPSA) is 37.3 Å². The number of benzene rings is 1. The van der Waals surface area contributed by atoms with E-state index in [1.165, 1.54) is 5.56 Å². The van der Waals surface area contributed by atoms with Crippen LogP contribution in [0.4, 0.5) is 0 Å². The molecule has 0 radical (unpaired) electrons. The summed E-state index contributed by atoms with van der Waals surface area (Å²) in [5.74, 6) is 0.120. The molecule has 1 rings (SSSR count). The Balaban J connectivity index is 2.69. The van der Waals surface area contributed by atoms with Gasteiger partial charge in [0.2, 0.25) is 0 Å². The molecule has 14 heavy (non-hydrogen) atoms. The molecule has 0 bridgehead atoms. The third kappa shape index (κ3) is 2.96. The molecule has 0 aliphatic rings. The van der Waals surface area contributed by atoms with E-state index in [1.54, 1.807) is 0 Å². The Morgan fingerprint density at radius 2 is 2.21 bits per heavy atom. The molecule has 0 atom stereocenters. The van der Waals surface area contributed by atoms with Gasteiger partial charge < -0.3 is 5.11 Å². The lowest BCUT2D eigenvalue weighted by molar-refractivity contribution is 0.0971. The molecule has 2 heteroatoms. The van der Waals surface area contributed by atoms with E-state index >= 15 is 0 Å². The fourth-order valence-electron chi connectivity index (χ4n) is 1.35. The molecule has 0 spiro atoms. The molecule has 0 fully saturated rings. The van der Waals surface area contributed by atoms with E-state index in [0.29, 0.717) is 12.8 Å². The van der Waals surface area contributed by atoms with Crippen LogP contribution in [-0.4, -0.2) is 17.5 Å². The summed E-state index contributed by atoms with van der Waals surface area (Å²) in [5.41, 5.74) is 1.94. The molecule has 1 aromatic carbocycles. The van der Waals surface area contributed by atoms with Gasteiger partial charge in [-0.05, 0) is 24.5 Å². The standard InChI is InChI=1S/C12H16O2/c1-2-10-5-3-6-11(9-10)12(14)7-4-8-13/h3,5-6,9,13H,2,4,7-8H2,1H3. The third-order valence-electron chi connectivity index (χ3n) is 2.22. The van der Waals surface area contributed by atoms with Gasteiger partial charge >= 0.3 is 0 Å². The van der Waals surface area contributed by atoms with Crippen LogP contribution < -0.4 is 0 Å². The highest BCUT2D eigenvalue weighted by Gasteiger charge is 2.04.